The van der Waals surface area contributed by atoms with Gasteiger partial charge in [-0.25, -0.2) is 4.39 Å². The van der Waals surface area contributed by atoms with Crippen molar-refractivity contribution < 1.29 is 58.3 Å². The molecule has 2 aromatic rings. The SMILES string of the molecule is CN1C(=O)[C@H](NC(=O)C(C)(C)NC(=O)C2(C(F)(F)F)CC2)CN(c2cc(C(F)(F)F)cc(C(F)(F)F)c2)c2ccc(F)cc21. The molecule has 240 valence electrons. The maximum Gasteiger partial charge on any atom is 0.416 e. The van der Waals surface area contributed by atoms with Crippen LogP contribution in [-0.4, -0.2) is 49.1 Å². The smallest absolute Gasteiger partial charge is 0.341 e. The molecule has 1 fully saturated rings. The molecule has 2 N–H and O–H groups in total. The van der Waals surface area contributed by atoms with Crippen molar-refractivity contribution in [2.75, 3.05) is 23.4 Å². The lowest BCUT2D eigenvalue weighted by Crippen LogP contribution is -2.62. The largest absolute Gasteiger partial charge is 0.416 e. The van der Waals surface area contributed by atoms with Crippen LogP contribution in [0.25, 0.3) is 0 Å². The minimum atomic E-state index is -5.23. The van der Waals surface area contributed by atoms with Crippen molar-refractivity contribution in [3.05, 3.63) is 53.3 Å². The number of anilines is 3. The molecule has 7 nitrogen and oxygen atoms in total. The van der Waals surface area contributed by atoms with Crippen molar-refractivity contribution in [1.82, 2.24) is 10.6 Å². The minimum absolute atomic E-state index is 0.109. The molecule has 0 aromatic heterocycles. The average molecular weight is 642 g/mol. The number of benzene rings is 2. The summed E-state index contributed by atoms with van der Waals surface area (Å²) in [6, 6.07) is 1.58. The summed E-state index contributed by atoms with van der Waals surface area (Å²) >= 11 is 0. The van der Waals surface area contributed by atoms with Crippen LogP contribution >= 0.6 is 0 Å². The Labute approximate surface area is 243 Å². The Hall–Kier alpha value is -4.05. The van der Waals surface area contributed by atoms with E-state index in [-0.39, 0.29) is 17.4 Å². The lowest BCUT2D eigenvalue weighted by molar-refractivity contribution is -0.193. The van der Waals surface area contributed by atoms with Crippen LogP contribution in [0.1, 0.15) is 37.8 Å². The van der Waals surface area contributed by atoms with Gasteiger partial charge in [-0.2, -0.15) is 39.5 Å². The second-order valence-corrected chi connectivity index (χ2v) is 11.1. The zero-order valence-corrected chi connectivity index (χ0v) is 23.1. The van der Waals surface area contributed by atoms with E-state index >= 15 is 0 Å². The molecule has 1 atom stereocenters. The monoisotopic (exact) mass is 642 g/mol. The summed E-state index contributed by atoms with van der Waals surface area (Å²) in [5.41, 5.74) is -9.30. The van der Waals surface area contributed by atoms with Gasteiger partial charge in [-0.15, -0.1) is 0 Å². The third kappa shape index (κ3) is 6.13. The fourth-order valence-electron chi connectivity index (χ4n) is 4.71. The molecule has 17 heteroatoms. The first-order valence-corrected chi connectivity index (χ1v) is 12.8. The Kier molecular flexibility index (Phi) is 7.87. The number of halogens is 10. The third-order valence-electron chi connectivity index (χ3n) is 7.49. The Morgan fingerprint density at radius 3 is 1.89 bits per heavy atom. The lowest BCUT2D eigenvalue weighted by Gasteiger charge is -2.32. The van der Waals surface area contributed by atoms with E-state index in [1.807, 2.05) is 5.32 Å². The van der Waals surface area contributed by atoms with Crippen LogP contribution in [0.2, 0.25) is 0 Å². The highest BCUT2D eigenvalue weighted by Gasteiger charge is 2.69. The van der Waals surface area contributed by atoms with Gasteiger partial charge in [-0.1, -0.05) is 0 Å². The molecule has 44 heavy (non-hydrogen) atoms. The van der Waals surface area contributed by atoms with E-state index in [1.54, 1.807) is 0 Å². The van der Waals surface area contributed by atoms with Crippen molar-refractivity contribution in [2.24, 2.45) is 5.41 Å². The maximum absolute atomic E-state index is 14.2. The summed E-state index contributed by atoms with van der Waals surface area (Å²) in [4.78, 5) is 40.8. The highest BCUT2D eigenvalue weighted by Crippen LogP contribution is 2.58. The zero-order chi connectivity index (χ0) is 33.2. The summed E-state index contributed by atoms with van der Waals surface area (Å²) in [6.45, 7) is 1.30. The predicted octanol–water partition coefficient (Wildman–Crippen LogP) is 5.70. The normalized spacial score (nSPS) is 18.8. The average Bonchev–Trinajstić information content (AvgIpc) is 3.72. The van der Waals surface area contributed by atoms with Crippen molar-refractivity contribution >= 4 is 34.8 Å². The van der Waals surface area contributed by atoms with Gasteiger partial charge >= 0.3 is 18.5 Å². The Bertz CT molecular complexity index is 1460. The number of amides is 3. The first-order valence-electron chi connectivity index (χ1n) is 12.8. The van der Waals surface area contributed by atoms with Crippen LogP contribution < -0.4 is 20.4 Å². The number of hydrogen-bond donors (Lipinski definition) is 2. The van der Waals surface area contributed by atoms with Gasteiger partial charge in [-0.05, 0) is 63.1 Å². The summed E-state index contributed by atoms with van der Waals surface area (Å²) < 4.78 is 136. The van der Waals surface area contributed by atoms with Crippen molar-refractivity contribution in [3.8, 4) is 0 Å². The highest BCUT2D eigenvalue weighted by molar-refractivity contribution is 6.05. The van der Waals surface area contributed by atoms with Crippen LogP contribution in [0.5, 0.6) is 0 Å². The molecular formula is C27H24F10N4O3. The van der Waals surface area contributed by atoms with Crippen LogP contribution in [0.3, 0.4) is 0 Å². The fourth-order valence-corrected chi connectivity index (χ4v) is 4.71. The molecule has 2 aliphatic rings. The highest BCUT2D eigenvalue weighted by atomic mass is 19.4. The maximum atomic E-state index is 14.2. The first kappa shape index (κ1) is 32.9. The van der Waals surface area contributed by atoms with Crippen molar-refractivity contribution in [3.63, 3.8) is 0 Å². The molecule has 0 unspecified atom stereocenters. The molecule has 2 aromatic carbocycles. The number of carbonyl (C=O) groups excluding carboxylic acids is 3. The first-order chi connectivity index (χ1) is 20.0. The number of nitrogens with one attached hydrogen (secondary N) is 2. The standard InChI is InChI=1S/C27H24F10N4O3/c1-23(2,39-22(44)24(6-7-24)27(35,36)37)21(43)38-17-12-41(18-5-4-15(28)11-19(18)40(3)20(17)42)16-9-13(25(29,30)31)8-14(10-16)26(32,33)34/h4-5,8-11,17H,6-7,12H2,1-3H3,(H,38,43)(H,39,44)/t17-/m1/s1. The lowest BCUT2D eigenvalue weighted by atomic mass is 9.99. The molecule has 1 saturated carbocycles. The van der Waals surface area contributed by atoms with E-state index in [4.69, 9.17) is 0 Å². The van der Waals surface area contributed by atoms with Gasteiger partial charge in [0, 0.05) is 12.7 Å². The van der Waals surface area contributed by atoms with Gasteiger partial charge in [0.15, 0.2) is 0 Å². The van der Waals surface area contributed by atoms with Crippen LogP contribution in [0.15, 0.2) is 36.4 Å². The van der Waals surface area contributed by atoms with Crippen molar-refractivity contribution in [2.45, 2.75) is 56.8 Å². The van der Waals surface area contributed by atoms with Gasteiger partial charge in [0.05, 0.1) is 29.0 Å². The number of alkyl halides is 9. The third-order valence-corrected chi connectivity index (χ3v) is 7.49. The van der Waals surface area contributed by atoms with Gasteiger partial charge in [0.2, 0.25) is 11.8 Å². The molecule has 0 bridgehead atoms. The molecule has 1 aliphatic heterocycles. The molecule has 1 aliphatic carbocycles. The molecular weight excluding hydrogens is 618 g/mol. The second-order valence-electron chi connectivity index (χ2n) is 11.1. The molecule has 0 saturated heterocycles. The summed E-state index contributed by atoms with van der Waals surface area (Å²) in [7, 11) is 1.11. The number of nitrogens with zero attached hydrogens (tertiary/aromatic N) is 2. The minimum Gasteiger partial charge on any atom is -0.341 e. The molecule has 0 radical (unpaired) electrons. The number of hydrogen-bond acceptors (Lipinski definition) is 4. The van der Waals surface area contributed by atoms with Gasteiger partial charge < -0.3 is 20.4 Å². The summed E-state index contributed by atoms with van der Waals surface area (Å²) in [6.07, 6.45) is -16.4. The molecule has 3 amide bonds. The summed E-state index contributed by atoms with van der Waals surface area (Å²) in [5, 5.41) is 4.23. The van der Waals surface area contributed by atoms with Crippen molar-refractivity contribution in [1.29, 1.82) is 0 Å². The molecule has 4 rings (SSSR count). The van der Waals surface area contributed by atoms with Gasteiger partial charge in [0.25, 0.3) is 5.91 Å². The number of fused-ring (bicyclic) bond motifs is 1. The molecule has 1 heterocycles. The zero-order valence-electron chi connectivity index (χ0n) is 23.1. The van der Waals surface area contributed by atoms with E-state index in [1.165, 1.54) is 0 Å². The van der Waals surface area contributed by atoms with E-state index in [0.29, 0.717) is 12.1 Å². The number of rotatable bonds is 5. The topological polar surface area (TPSA) is 81.8 Å². The van der Waals surface area contributed by atoms with E-state index < -0.39 is 95.3 Å². The van der Waals surface area contributed by atoms with E-state index in [9.17, 15) is 58.3 Å². The van der Waals surface area contributed by atoms with Gasteiger partial charge in [-0.3, -0.25) is 14.4 Å². The number of carbonyl (C=O) groups is 3. The van der Waals surface area contributed by atoms with Gasteiger partial charge in [0.1, 0.15) is 22.8 Å². The van der Waals surface area contributed by atoms with E-state index in [0.717, 1.165) is 48.9 Å². The number of likely N-dealkylation sites (N-methyl/N-ethyl adjacent to an activating group) is 1. The Morgan fingerprint density at radius 2 is 1.41 bits per heavy atom. The summed E-state index contributed by atoms with van der Waals surface area (Å²) in [5.74, 6) is -4.57. The van der Waals surface area contributed by atoms with Crippen LogP contribution in [0.4, 0.5) is 61.0 Å². The van der Waals surface area contributed by atoms with Crippen LogP contribution in [-0.2, 0) is 26.7 Å². The Morgan fingerprint density at radius 1 is 0.864 bits per heavy atom. The van der Waals surface area contributed by atoms with E-state index in [2.05, 4.69) is 5.32 Å². The Balaban J connectivity index is 1.74. The molecule has 0 spiro atoms. The predicted molar refractivity (Wildman–Crippen MR) is 135 cm³/mol. The fraction of sp³-hybridized carbons (Fsp3) is 0.444. The van der Waals surface area contributed by atoms with Crippen LogP contribution in [0, 0.1) is 11.2 Å². The second kappa shape index (κ2) is 10.5. The quantitative estimate of drug-likeness (QED) is 0.411.